The molecule has 0 unspecified atom stereocenters. The maximum Gasteiger partial charge on any atom is 0.253 e. The van der Waals surface area contributed by atoms with Gasteiger partial charge in [-0.1, -0.05) is 0 Å². The minimum Gasteiger partial charge on any atom is -0.345 e. The molecule has 3 nitrogen and oxygen atoms in total. The van der Waals surface area contributed by atoms with Crippen molar-refractivity contribution in [3.8, 4) is 0 Å². The predicted octanol–water partition coefficient (Wildman–Crippen LogP) is 3.47. The molecule has 0 saturated carbocycles. The second-order valence-electron chi connectivity index (χ2n) is 4.10. The van der Waals surface area contributed by atoms with Gasteiger partial charge in [0.2, 0.25) is 0 Å². The highest BCUT2D eigenvalue weighted by Gasteiger charge is 2.14. The van der Waals surface area contributed by atoms with Crippen LogP contribution in [0.4, 0.5) is 4.39 Å². The minimum absolute atomic E-state index is 0.175. The van der Waals surface area contributed by atoms with Crippen LogP contribution >= 0.6 is 15.9 Å². The quantitative estimate of drug-likeness (QED) is 0.940. The van der Waals surface area contributed by atoms with Crippen molar-refractivity contribution >= 4 is 21.8 Å². The molecule has 0 bridgehead atoms. The van der Waals surface area contributed by atoms with Gasteiger partial charge >= 0.3 is 0 Å². The van der Waals surface area contributed by atoms with Crippen LogP contribution in [0.2, 0.25) is 0 Å². The molecule has 0 aliphatic carbocycles. The molecule has 2 aromatic rings. The molecule has 0 aliphatic heterocycles. The van der Waals surface area contributed by atoms with Crippen LogP contribution in [0, 0.1) is 5.82 Å². The number of halogens is 2. The summed E-state index contributed by atoms with van der Waals surface area (Å²) in [5.74, 6) is -0.763. The Morgan fingerprint density at radius 1 is 1.32 bits per heavy atom. The predicted molar refractivity (Wildman–Crippen MR) is 74.2 cm³/mol. The Kier molecular flexibility index (Phi) is 4.27. The van der Waals surface area contributed by atoms with E-state index < -0.39 is 5.82 Å². The summed E-state index contributed by atoms with van der Waals surface area (Å²) >= 11 is 3.24. The molecule has 0 fully saturated rings. The van der Waals surface area contributed by atoms with Gasteiger partial charge in [0.15, 0.2) is 0 Å². The molecule has 1 amide bonds. The largest absolute Gasteiger partial charge is 0.345 e. The van der Waals surface area contributed by atoms with E-state index in [-0.39, 0.29) is 17.5 Å². The Hall–Kier alpha value is -1.75. The van der Waals surface area contributed by atoms with Crippen molar-refractivity contribution in [2.24, 2.45) is 0 Å². The Bertz CT molecular complexity index is 589. The monoisotopic (exact) mass is 322 g/mol. The van der Waals surface area contributed by atoms with Crippen LogP contribution in [0.3, 0.4) is 0 Å². The maximum atomic E-state index is 13.2. The van der Waals surface area contributed by atoms with E-state index in [0.717, 1.165) is 5.56 Å². The molecule has 5 heteroatoms. The van der Waals surface area contributed by atoms with Gasteiger partial charge in [0.05, 0.1) is 11.6 Å². The van der Waals surface area contributed by atoms with Crippen molar-refractivity contribution in [3.05, 3.63) is 64.1 Å². The van der Waals surface area contributed by atoms with Crippen molar-refractivity contribution in [1.29, 1.82) is 0 Å². The second-order valence-corrected chi connectivity index (χ2v) is 4.95. The normalized spacial score (nSPS) is 11.9. The van der Waals surface area contributed by atoms with E-state index >= 15 is 0 Å². The topological polar surface area (TPSA) is 42.0 Å². The third kappa shape index (κ3) is 3.38. The highest BCUT2D eigenvalue weighted by molar-refractivity contribution is 9.10. The summed E-state index contributed by atoms with van der Waals surface area (Å²) in [4.78, 5) is 16.0. The molecule has 2 rings (SSSR count). The van der Waals surface area contributed by atoms with Crippen LogP contribution in [0.25, 0.3) is 0 Å². The first-order valence-electron chi connectivity index (χ1n) is 5.74. The summed E-state index contributed by atoms with van der Waals surface area (Å²) in [6.07, 6.45) is 3.33. The second kappa shape index (κ2) is 5.93. The molecule has 19 heavy (non-hydrogen) atoms. The van der Waals surface area contributed by atoms with Crippen molar-refractivity contribution in [2.45, 2.75) is 13.0 Å². The summed E-state index contributed by atoms with van der Waals surface area (Å²) < 4.78 is 13.7. The van der Waals surface area contributed by atoms with E-state index in [1.165, 1.54) is 18.2 Å². The molecule has 98 valence electrons. The summed E-state index contributed by atoms with van der Waals surface area (Å²) in [5.41, 5.74) is 1.22. The molecule has 1 aromatic heterocycles. The number of hydrogen-bond acceptors (Lipinski definition) is 2. The van der Waals surface area contributed by atoms with Gasteiger partial charge < -0.3 is 5.32 Å². The average molecular weight is 323 g/mol. The number of hydrogen-bond donors (Lipinski definition) is 1. The third-order valence-electron chi connectivity index (χ3n) is 2.73. The van der Waals surface area contributed by atoms with Gasteiger partial charge in [-0.05, 0) is 58.7 Å². The number of carbonyl (C=O) groups is 1. The Morgan fingerprint density at radius 3 is 2.68 bits per heavy atom. The standard InChI is InChI=1S/C14H12BrFN2O/c1-9(10-4-6-17-7-5-10)18-14(19)12-8-11(16)2-3-13(12)15/h2-9H,1H3,(H,18,19)/t9-/m0/s1. The summed E-state index contributed by atoms with van der Waals surface area (Å²) in [7, 11) is 0. The zero-order valence-corrected chi connectivity index (χ0v) is 11.8. The lowest BCUT2D eigenvalue weighted by atomic mass is 10.1. The molecule has 1 heterocycles. The van der Waals surface area contributed by atoms with Crippen molar-refractivity contribution < 1.29 is 9.18 Å². The lowest BCUT2D eigenvalue weighted by Gasteiger charge is -2.14. The molecular formula is C14H12BrFN2O. The molecular weight excluding hydrogens is 311 g/mol. The highest BCUT2D eigenvalue weighted by atomic mass is 79.9. The number of nitrogens with one attached hydrogen (secondary N) is 1. The SMILES string of the molecule is C[C@H](NC(=O)c1cc(F)ccc1Br)c1ccncc1. The number of benzene rings is 1. The molecule has 0 saturated heterocycles. The third-order valence-corrected chi connectivity index (χ3v) is 3.42. The van der Waals surface area contributed by atoms with Gasteiger partial charge in [0.1, 0.15) is 5.82 Å². The van der Waals surface area contributed by atoms with Gasteiger partial charge in [0, 0.05) is 16.9 Å². The van der Waals surface area contributed by atoms with E-state index in [4.69, 9.17) is 0 Å². The molecule has 0 aliphatic rings. The van der Waals surface area contributed by atoms with Crippen molar-refractivity contribution in [2.75, 3.05) is 0 Å². The highest BCUT2D eigenvalue weighted by Crippen LogP contribution is 2.19. The zero-order chi connectivity index (χ0) is 13.8. The van der Waals surface area contributed by atoms with E-state index in [1.54, 1.807) is 12.4 Å². The molecule has 1 aromatic carbocycles. The lowest BCUT2D eigenvalue weighted by molar-refractivity contribution is 0.0938. The molecule has 0 spiro atoms. The Balaban J connectivity index is 2.15. The van der Waals surface area contributed by atoms with Crippen LogP contribution < -0.4 is 5.32 Å². The van der Waals surface area contributed by atoms with Crippen LogP contribution in [0.5, 0.6) is 0 Å². The number of nitrogens with zero attached hydrogens (tertiary/aromatic N) is 1. The zero-order valence-electron chi connectivity index (χ0n) is 10.2. The minimum atomic E-state index is -0.440. The molecule has 1 atom stereocenters. The first kappa shape index (κ1) is 13.7. The number of rotatable bonds is 3. The lowest BCUT2D eigenvalue weighted by Crippen LogP contribution is -2.27. The first-order valence-corrected chi connectivity index (χ1v) is 6.53. The van der Waals surface area contributed by atoms with Crippen LogP contribution in [0.15, 0.2) is 47.2 Å². The summed E-state index contributed by atoms with van der Waals surface area (Å²) in [5, 5.41) is 2.82. The van der Waals surface area contributed by atoms with Gasteiger partial charge in [-0.2, -0.15) is 0 Å². The van der Waals surface area contributed by atoms with Gasteiger partial charge in [-0.15, -0.1) is 0 Å². The van der Waals surface area contributed by atoms with E-state index in [1.807, 2.05) is 19.1 Å². The van der Waals surface area contributed by atoms with E-state index in [9.17, 15) is 9.18 Å². The van der Waals surface area contributed by atoms with Gasteiger partial charge in [-0.25, -0.2) is 4.39 Å². The van der Waals surface area contributed by atoms with Crippen LogP contribution in [-0.4, -0.2) is 10.9 Å². The maximum absolute atomic E-state index is 13.2. The van der Waals surface area contributed by atoms with E-state index in [0.29, 0.717) is 4.47 Å². The van der Waals surface area contributed by atoms with Crippen molar-refractivity contribution in [3.63, 3.8) is 0 Å². The number of amides is 1. The fourth-order valence-electron chi connectivity index (χ4n) is 1.68. The fourth-order valence-corrected chi connectivity index (χ4v) is 2.11. The Labute approximate surface area is 119 Å². The van der Waals surface area contributed by atoms with Crippen LogP contribution in [-0.2, 0) is 0 Å². The Morgan fingerprint density at radius 2 is 2.00 bits per heavy atom. The number of aromatic nitrogens is 1. The van der Waals surface area contributed by atoms with Crippen molar-refractivity contribution in [1.82, 2.24) is 10.3 Å². The van der Waals surface area contributed by atoms with Gasteiger partial charge in [-0.3, -0.25) is 9.78 Å². The first-order chi connectivity index (χ1) is 9.08. The smallest absolute Gasteiger partial charge is 0.253 e. The number of pyridine rings is 1. The van der Waals surface area contributed by atoms with Crippen LogP contribution in [0.1, 0.15) is 28.9 Å². The molecule has 0 radical (unpaired) electrons. The summed E-state index contributed by atoms with van der Waals surface area (Å²) in [6.45, 7) is 1.86. The number of carbonyl (C=O) groups excluding carboxylic acids is 1. The average Bonchev–Trinajstić information content (AvgIpc) is 2.42. The van der Waals surface area contributed by atoms with E-state index in [2.05, 4.69) is 26.2 Å². The fraction of sp³-hybridized carbons (Fsp3) is 0.143. The molecule has 1 N–H and O–H groups in total. The summed E-state index contributed by atoms with van der Waals surface area (Å²) in [6, 6.07) is 7.50. The van der Waals surface area contributed by atoms with Gasteiger partial charge in [0.25, 0.3) is 5.91 Å².